The molecule has 1 amide bonds. The highest BCUT2D eigenvalue weighted by Crippen LogP contribution is 2.18. The summed E-state index contributed by atoms with van der Waals surface area (Å²) in [6.07, 6.45) is 2.88. The Labute approximate surface area is 127 Å². The van der Waals surface area contributed by atoms with Gasteiger partial charge in [0.2, 0.25) is 0 Å². The number of aromatic nitrogens is 4. The Morgan fingerprint density at radius 3 is 2.59 bits per heavy atom. The topological polar surface area (TPSA) is 102 Å². The lowest BCUT2D eigenvalue weighted by Gasteiger charge is -2.14. The zero-order chi connectivity index (χ0) is 16.4. The molecule has 118 valence electrons. The lowest BCUT2D eigenvalue weighted by Crippen LogP contribution is -2.30. The van der Waals surface area contributed by atoms with E-state index in [4.69, 9.17) is 5.11 Å². The number of aryl methyl sites for hydroxylation is 2. The van der Waals surface area contributed by atoms with E-state index in [0.29, 0.717) is 0 Å². The second-order valence-corrected chi connectivity index (χ2v) is 5.03. The maximum Gasteiger partial charge on any atom is 0.339 e. The number of hydrogen-bond acceptors (Lipinski definition) is 4. The van der Waals surface area contributed by atoms with Gasteiger partial charge in [0.1, 0.15) is 11.3 Å². The number of nitrogens with zero attached hydrogens (tertiary/aromatic N) is 4. The number of aromatic carboxylic acids is 1. The first-order valence-electron chi connectivity index (χ1n) is 6.95. The van der Waals surface area contributed by atoms with Crippen LogP contribution in [0.4, 0.5) is 0 Å². The van der Waals surface area contributed by atoms with Crippen molar-refractivity contribution in [2.45, 2.75) is 33.4 Å². The van der Waals surface area contributed by atoms with Crippen molar-refractivity contribution in [2.24, 2.45) is 7.05 Å². The third-order valence-corrected chi connectivity index (χ3v) is 3.64. The molecule has 0 aliphatic rings. The molecule has 2 aromatic rings. The van der Waals surface area contributed by atoms with E-state index in [0.717, 1.165) is 17.8 Å². The van der Waals surface area contributed by atoms with Gasteiger partial charge in [-0.1, -0.05) is 0 Å². The Morgan fingerprint density at radius 2 is 2.05 bits per heavy atom. The van der Waals surface area contributed by atoms with Crippen LogP contribution in [0, 0.1) is 6.92 Å². The molecular formula is C14H19N5O3. The van der Waals surface area contributed by atoms with Crippen LogP contribution in [0.3, 0.4) is 0 Å². The van der Waals surface area contributed by atoms with Crippen LogP contribution in [0.25, 0.3) is 0 Å². The highest BCUT2D eigenvalue weighted by Gasteiger charge is 2.24. The summed E-state index contributed by atoms with van der Waals surface area (Å²) in [6.45, 7) is 6.50. The molecule has 0 aliphatic carbocycles. The van der Waals surface area contributed by atoms with Crippen molar-refractivity contribution in [1.82, 2.24) is 24.9 Å². The maximum atomic E-state index is 12.4. The van der Waals surface area contributed by atoms with E-state index in [1.165, 1.54) is 17.9 Å². The fourth-order valence-corrected chi connectivity index (χ4v) is 2.41. The van der Waals surface area contributed by atoms with Gasteiger partial charge in [-0.05, 0) is 20.8 Å². The van der Waals surface area contributed by atoms with E-state index >= 15 is 0 Å². The number of hydrogen-bond donors (Lipinski definition) is 2. The van der Waals surface area contributed by atoms with Crippen LogP contribution < -0.4 is 5.32 Å². The van der Waals surface area contributed by atoms with E-state index in [1.54, 1.807) is 6.20 Å². The van der Waals surface area contributed by atoms with Gasteiger partial charge in [-0.2, -0.15) is 10.2 Å². The number of amides is 1. The Kier molecular flexibility index (Phi) is 4.30. The van der Waals surface area contributed by atoms with Crippen LogP contribution in [-0.2, 0) is 13.6 Å². The van der Waals surface area contributed by atoms with Crippen molar-refractivity contribution in [2.75, 3.05) is 0 Å². The largest absolute Gasteiger partial charge is 0.478 e. The molecular weight excluding hydrogens is 286 g/mol. The molecule has 1 atom stereocenters. The van der Waals surface area contributed by atoms with Gasteiger partial charge >= 0.3 is 5.97 Å². The van der Waals surface area contributed by atoms with E-state index < -0.39 is 11.9 Å². The molecule has 0 saturated heterocycles. The zero-order valence-corrected chi connectivity index (χ0v) is 13.0. The average molecular weight is 305 g/mol. The summed E-state index contributed by atoms with van der Waals surface area (Å²) in [5, 5.41) is 20.0. The molecule has 2 heterocycles. The van der Waals surface area contributed by atoms with Crippen molar-refractivity contribution in [3.05, 3.63) is 34.9 Å². The summed E-state index contributed by atoms with van der Waals surface area (Å²) in [4.78, 5) is 23.5. The van der Waals surface area contributed by atoms with E-state index in [-0.39, 0.29) is 17.3 Å². The van der Waals surface area contributed by atoms with Crippen molar-refractivity contribution in [3.63, 3.8) is 0 Å². The van der Waals surface area contributed by atoms with Crippen molar-refractivity contribution in [3.8, 4) is 0 Å². The smallest absolute Gasteiger partial charge is 0.339 e. The predicted octanol–water partition coefficient (Wildman–Crippen LogP) is 1.13. The third kappa shape index (κ3) is 2.72. The van der Waals surface area contributed by atoms with Crippen LogP contribution >= 0.6 is 0 Å². The van der Waals surface area contributed by atoms with Gasteiger partial charge < -0.3 is 10.4 Å². The highest BCUT2D eigenvalue weighted by atomic mass is 16.4. The van der Waals surface area contributed by atoms with Gasteiger partial charge in [-0.3, -0.25) is 14.2 Å². The summed E-state index contributed by atoms with van der Waals surface area (Å²) < 4.78 is 3.10. The summed E-state index contributed by atoms with van der Waals surface area (Å²) in [6, 6.07) is -0.288. The number of carboxylic acid groups (broad SMARTS) is 1. The molecule has 0 aromatic carbocycles. The summed E-state index contributed by atoms with van der Waals surface area (Å²) >= 11 is 0. The summed E-state index contributed by atoms with van der Waals surface area (Å²) in [5.41, 5.74) is 1.78. The highest BCUT2D eigenvalue weighted by molar-refractivity contribution is 6.03. The minimum Gasteiger partial charge on any atom is -0.478 e. The molecule has 0 spiro atoms. The first kappa shape index (κ1) is 15.7. The Balaban J connectivity index is 2.23. The van der Waals surface area contributed by atoms with Crippen molar-refractivity contribution in [1.29, 1.82) is 0 Å². The number of carbonyl (C=O) groups is 2. The number of carbonyl (C=O) groups excluding carboxylic acids is 1. The number of nitrogens with one attached hydrogen (secondary N) is 1. The van der Waals surface area contributed by atoms with Gasteiger partial charge in [0.05, 0.1) is 18.4 Å². The van der Waals surface area contributed by atoms with Crippen molar-refractivity contribution >= 4 is 11.9 Å². The fraction of sp³-hybridized carbons (Fsp3) is 0.429. The second-order valence-electron chi connectivity index (χ2n) is 5.03. The monoisotopic (exact) mass is 305 g/mol. The molecule has 0 fully saturated rings. The Bertz CT molecular complexity index is 716. The van der Waals surface area contributed by atoms with Crippen LogP contribution in [0.1, 0.15) is 52.0 Å². The molecule has 0 bridgehead atoms. The molecule has 1 unspecified atom stereocenters. The van der Waals surface area contributed by atoms with E-state index in [1.807, 2.05) is 25.5 Å². The fourth-order valence-electron chi connectivity index (χ4n) is 2.41. The van der Waals surface area contributed by atoms with E-state index in [9.17, 15) is 9.59 Å². The molecule has 8 heteroatoms. The summed E-state index contributed by atoms with van der Waals surface area (Å²) in [5.74, 6) is -1.66. The zero-order valence-electron chi connectivity index (χ0n) is 13.0. The maximum absolute atomic E-state index is 12.4. The van der Waals surface area contributed by atoms with Crippen LogP contribution in [0.5, 0.6) is 0 Å². The van der Waals surface area contributed by atoms with Gasteiger partial charge in [0.25, 0.3) is 5.91 Å². The van der Waals surface area contributed by atoms with Gasteiger partial charge in [-0.15, -0.1) is 0 Å². The number of rotatable bonds is 5. The molecule has 0 aliphatic heterocycles. The number of carboxylic acids is 1. The van der Waals surface area contributed by atoms with Crippen LogP contribution in [0.2, 0.25) is 0 Å². The van der Waals surface area contributed by atoms with Crippen molar-refractivity contribution < 1.29 is 14.7 Å². The molecule has 0 saturated carbocycles. The molecule has 2 rings (SSSR count). The molecule has 8 nitrogen and oxygen atoms in total. The van der Waals surface area contributed by atoms with Crippen LogP contribution in [-0.4, -0.2) is 36.5 Å². The lowest BCUT2D eigenvalue weighted by molar-refractivity contribution is 0.0690. The quantitative estimate of drug-likeness (QED) is 0.862. The predicted molar refractivity (Wildman–Crippen MR) is 78.7 cm³/mol. The van der Waals surface area contributed by atoms with Gasteiger partial charge in [0.15, 0.2) is 0 Å². The third-order valence-electron chi connectivity index (χ3n) is 3.64. The summed E-state index contributed by atoms with van der Waals surface area (Å²) in [7, 11) is 1.53. The first-order chi connectivity index (χ1) is 10.4. The molecule has 22 heavy (non-hydrogen) atoms. The van der Waals surface area contributed by atoms with E-state index in [2.05, 4.69) is 15.5 Å². The SMILES string of the molecule is CCn1ncc(C(C)NC(=O)c2c(C(=O)O)cnn2C)c1C. The lowest BCUT2D eigenvalue weighted by atomic mass is 10.1. The van der Waals surface area contributed by atoms with Gasteiger partial charge in [0, 0.05) is 24.8 Å². The Hall–Kier alpha value is -2.64. The minimum absolute atomic E-state index is 0.0277. The average Bonchev–Trinajstić information content (AvgIpc) is 3.01. The first-order valence-corrected chi connectivity index (χ1v) is 6.95. The molecule has 2 aromatic heterocycles. The second kappa shape index (κ2) is 6.00. The normalized spacial score (nSPS) is 12.2. The molecule has 2 N–H and O–H groups in total. The van der Waals surface area contributed by atoms with Crippen LogP contribution in [0.15, 0.2) is 12.4 Å². The standard InChI is InChI=1S/C14H19N5O3/c1-5-19-9(3)10(6-16-19)8(2)17-13(20)12-11(14(21)22)7-15-18(12)4/h6-8H,5H2,1-4H3,(H,17,20)(H,21,22). The molecule has 0 radical (unpaired) electrons. The Morgan fingerprint density at radius 1 is 1.36 bits per heavy atom. The minimum atomic E-state index is -1.18. The van der Waals surface area contributed by atoms with Gasteiger partial charge in [-0.25, -0.2) is 4.79 Å².